The molecular weight excluding hydrogens is 426 g/mol. The van der Waals surface area contributed by atoms with E-state index in [0.29, 0.717) is 6.54 Å². The first-order chi connectivity index (χ1) is 16.2. The van der Waals surface area contributed by atoms with E-state index in [0.717, 1.165) is 45.7 Å². The molecule has 0 aromatic rings. The van der Waals surface area contributed by atoms with Gasteiger partial charge in [0.15, 0.2) is 0 Å². The number of carbonyl (C=O) groups is 1. The molecule has 3 fully saturated rings. The van der Waals surface area contributed by atoms with Gasteiger partial charge in [0.25, 0.3) is 0 Å². The molecule has 2 bridgehead atoms. The average molecular weight is 483 g/mol. The Bertz CT molecular complexity index is 560. The molecule has 0 saturated carbocycles. The van der Waals surface area contributed by atoms with Crippen LogP contribution in [0, 0.1) is 0 Å². The monoisotopic (exact) mass is 482 g/mol. The van der Waals surface area contributed by atoms with Gasteiger partial charge in [0, 0.05) is 58.8 Å². The van der Waals surface area contributed by atoms with Crippen molar-refractivity contribution in [1.29, 1.82) is 0 Å². The second kappa shape index (κ2) is 14.7. The number of ether oxygens (including phenoxy) is 1. The van der Waals surface area contributed by atoms with E-state index in [2.05, 4.69) is 40.4 Å². The zero-order valence-corrected chi connectivity index (χ0v) is 23.5. The fourth-order valence-corrected chi connectivity index (χ4v) is 5.49. The van der Waals surface area contributed by atoms with E-state index in [1.54, 1.807) is 0 Å². The highest BCUT2D eigenvalue weighted by Crippen LogP contribution is 2.11. The van der Waals surface area contributed by atoms with E-state index in [9.17, 15) is 4.79 Å². The number of esters is 1. The molecule has 0 N–H and O–H groups in total. The fraction of sp³-hybridized carbons (Fsp3) is 0.963. The molecule has 0 atom stereocenters. The van der Waals surface area contributed by atoms with Gasteiger partial charge in [-0.2, -0.15) is 0 Å². The summed E-state index contributed by atoms with van der Waals surface area (Å²) in [5.41, 5.74) is -0.423. The quantitative estimate of drug-likeness (QED) is 0.372. The number of rotatable bonds is 9. The Morgan fingerprint density at radius 3 is 1.74 bits per heavy atom. The van der Waals surface area contributed by atoms with Crippen LogP contribution in [-0.4, -0.2) is 140 Å². The summed E-state index contributed by atoms with van der Waals surface area (Å²) in [6.45, 7) is 30.6. The molecule has 0 radical (unpaired) electrons. The van der Waals surface area contributed by atoms with Crippen LogP contribution in [0.2, 0.25) is 0 Å². The van der Waals surface area contributed by atoms with Crippen LogP contribution in [-0.2, 0) is 9.53 Å². The van der Waals surface area contributed by atoms with Crippen LogP contribution in [0.5, 0.6) is 0 Å². The molecule has 3 saturated heterocycles. The van der Waals surface area contributed by atoms with Crippen molar-refractivity contribution in [2.45, 2.75) is 66.4 Å². The first-order valence-electron chi connectivity index (χ1n) is 14.1. The molecule has 0 amide bonds. The molecule has 0 aromatic carbocycles. The van der Waals surface area contributed by atoms with Gasteiger partial charge in [-0.1, -0.05) is 0 Å². The lowest BCUT2D eigenvalue weighted by molar-refractivity contribution is -0.923. The summed E-state index contributed by atoms with van der Waals surface area (Å²) < 4.78 is 6.88. The van der Waals surface area contributed by atoms with Gasteiger partial charge in [0.05, 0.1) is 32.7 Å². The zero-order chi connectivity index (χ0) is 25.0. The van der Waals surface area contributed by atoms with Crippen LogP contribution >= 0.6 is 0 Å². The Morgan fingerprint density at radius 2 is 1.24 bits per heavy atom. The number of hydrogen-bond acceptors (Lipinski definition) is 6. The predicted octanol–water partition coefficient (Wildman–Crippen LogP) is 2.61. The van der Waals surface area contributed by atoms with Gasteiger partial charge < -0.3 is 23.9 Å². The summed E-state index contributed by atoms with van der Waals surface area (Å²) >= 11 is 0. The maximum Gasteiger partial charge on any atom is 0.320 e. The van der Waals surface area contributed by atoms with Crippen molar-refractivity contribution in [3.63, 3.8) is 0 Å². The Morgan fingerprint density at radius 1 is 0.735 bits per heavy atom. The first-order valence-corrected chi connectivity index (χ1v) is 14.1. The molecule has 0 unspecified atom stereocenters. The Balaban J connectivity index is 1.99. The Hall–Kier alpha value is -0.730. The zero-order valence-electron chi connectivity index (χ0n) is 23.5. The summed E-state index contributed by atoms with van der Waals surface area (Å²) in [5.74, 6) is -0.0929. The molecule has 7 nitrogen and oxygen atoms in total. The predicted molar refractivity (Wildman–Crippen MR) is 142 cm³/mol. The number of hydrogen-bond donors (Lipinski definition) is 0. The van der Waals surface area contributed by atoms with Gasteiger partial charge in [-0.3, -0.25) is 9.69 Å². The third-order valence-corrected chi connectivity index (χ3v) is 7.99. The van der Waals surface area contributed by atoms with Crippen LogP contribution in [0.3, 0.4) is 0 Å². The lowest BCUT2D eigenvalue weighted by atomic mass is 10.2. The van der Waals surface area contributed by atoms with Crippen molar-refractivity contribution in [2.75, 3.05) is 105 Å². The van der Waals surface area contributed by atoms with Crippen LogP contribution in [0.25, 0.3) is 0 Å². The SMILES string of the molecule is CC[N+](CC)(CC)CCCN1CCCN2CCN(CCCN(CC(=O)OC(C)(C)C)CC1)CC2. The average Bonchev–Trinajstić information content (AvgIpc) is 2.79. The number of carbonyl (C=O) groups excluding carboxylic acids is 1. The molecule has 200 valence electrons. The molecule has 34 heavy (non-hydrogen) atoms. The molecule has 3 rings (SSSR count). The van der Waals surface area contributed by atoms with E-state index in [1.165, 1.54) is 76.2 Å². The minimum atomic E-state index is -0.423. The van der Waals surface area contributed by atoms with Gasteiger partial charge in [0.1, 0.15) is 5.60 Å². The van der Waals surface area contributed by atoms with E-state index < -0.39 is 5.60 Å². The normalized spacial score (nSPS) is 24.6. The highest BCUT2D eigenvalue weighted by molar-refractivity contribution is 5.72. The molecule has 3 aliphatic heterocycles. The Kier molecular flexibility index (Phi) is 12.8. The largest absolute Gasteiger partial charge is 0.459 e. The van der Waals surface area contributed by atoms with Crippen molar-refractivity contribution in [2.24, 2.45) is 0 Å². The van der Waals surface area contributed by atoms with Crippen molar-refractivity contribution in [1.82, 2.24) is 19.6 Å². The smallest absolute Gasteiger partial charge is 0.320 e. The molecule has 0 aliphatic carbocycles. The van der Waals surface area contributed by atoms with Gasteiger partial charge in [-0.15, -0.1) is 0 Å². The maximum absolute atomic E-state index is 12.6. The molecular formula is C27H56N5O2+. The van der Waals surface area contributed by atoms with Crippen molar-refractivity contribution < 1.29 is 14.0 Å². The lowest BCUT2D eigenvalue weighted by Crippen LogP contribution is -2.50. The van der Waals surface area contributed by atoms with E-state index >= 15 is 0 Å². The van der Waals surface area contributed by atoms with Crippen LogP contribution in [0.4, 0.5) is 0 Å². The Labute approximate surface area is 211 Å². The standard InChI is InChI=1S/C27H56N5O2/c1-7-32(8-2,9-3)24-12-17-28-13-10-14-29-18-20-30(21-19-29)15-11-16-31(23-22-28)25-26(33)34-27(4,5)6/h7-25H2,1-6H3/q+1. The molecule has 0 aromatic heterocycles. The minimum Gasteiger partial charge on any atom is -0.459 e. The molecule has 3 heterocycles. The van der Waals surface area contributed by atoms with Crippen molar-refractivity contribution in [3.8, 4) is 0 Å². The van der Waals surface area contributed by atoms with E-state index in [1.807, 2.05) is 20.8 Å². The van der Waals surface area contributed by atoms with Crippen molar-refractivity contribution in [3.05, 3.63) is 0 Å². The van der Waals surface area contributed by atoms with Crippen molar-refractivity contribution >= 4 is 5.97 Å². The van der Waals surface area contributed by atoms with Crippen LogP contribution in [0.1, 0.15) is 60.8 Å². The summed E-state index contributed by atoms with van der Waals surface area (Å²) in [6.07, 6.45) is 3.61. The summed E-state index contributed by atoms with van der Waals surface area (Å²) in [4.78, 5) is 22.9. The minimum absolute atomic E-state index is 0.0929. The summed E-state index contributed by atoms with van der Waals surface area (Å²) in [6, 6.07) is 0. The molecule has 7 heteroatoms. The summed E-state index contributed by atoms with van der Waals surface area (Å²) in [5, 5.41) is 0. The van der Waals surface area contributed by atoms with Gasteiger partial charge in [-0.25, -0.2) is 0 Å². The second-order valence-electron chi connectivity index (χ2n) is 11.5. The first kappa shape index (κ1) is 29.5. The number of piperazine rings is 1. The van der Waals surface area contributed by atoms with Crippen LogP contribution in [0.15, 0.2) is 0 Å². The number of quaternary nitrogens is 1. The van der Waals surface area contributed by atoms with Gasteiger partial charge >= 0.3 is 5.97 Å². The maximum atomic E-state index is 12.6. The summed E-state index contributed by atoms with van der Waals surface area (Å²) in [7, 11) is 0. The highest BCUT2D eigenvalue weighted by atomic mass is 16.6. The molecule has 0 spiro atoms. The number of nitrogens with zero attached hydrogens (tertiary/aromatic N) is 5. The van der Waals surface area contributed by atoms with E-state index in [4.69, 9.17) is 4.74 Å². The topological polar surface area (TPSA) is 39.3 Å². The second-order valence-corrected chi connectivity index (χ2v) is 11.5. The van der Waals surface area contributed by atoms with Crippen LogP contribution < -0.4 is 0 Å². The molecule has 3 aliphatic rings. The third kappa shape index (κ3) is 10.9. The number of fused-ring (bicyclic) bond motifs is 11. The third-order valence-electron chi connectivity index (χ3n) is 7.99. The lowest BCUT2D eigenvalue weighted by Gasteiger charge is -2.37. The van der Waals surface area contributed by atoms with Gasteiger partial charge in [0.2, 0.25) is 0 Å². The van der Waals surface area contributed by atoms with E-state index in [-0.39, 0.29) is 5.97 Å². The van der Waals surface area contributed by atoms with Gasteiger partial charge in [-0.05, 0) is 74.0 Å². The fourth-order valence-electron chi connectivity index (χ4n) is 5.49. The highest BCUT2D eigenvalue weighted by Gasteiger charge is 2.23.